The second kappa shape index (κ2) is 16.1. The van der Waals surface area contributed by atoms with E-state index in [0.717, 1.165) is 49.4 Å². The number of aliphatic carboxylic acids is 2. The molecule has 41 heavy (non-hydrogen) atoms. The Morgan fingerprint density at radius 3 is 2.10 bits per heavy atom. The first-order chi connectivity index (χ1) is 19.8. The molecule has 1 heterocycles. The van der Waals surface area contributed by atoms with Gasteiger partial charge in [0.1, 0.15) is 11.6 Å². The lowest BCUT2D eigenvalue weighted by molar-refractivity contribution is -0.134. The molecule has 3 aromatic rings. The van der Waals surface area contributed by atoms with Crippen LogP contribution in [0.1, 0.15) is 28.8 Å². The maximum atomic E-state index is 13.1. The second-order valence-corrected chi connectivity index (χ2v) is 9.44. The highest BCUT2D eigenvalue weighted by Crippen LogP contribution is 2.26. The van der Waals surface area contributed by atoms with Crippen LogP contribution in [-0.4, -0.2) is 66.2 Å². The monoisotopic (exact) mass is 563 g/mol. The molecule has 0 atom stereocenters. The number of methoxy groups -OCH3 is 1. The van der Waals surface area contributed by atoms with E-state index in [2.05, 4.69) is 29.2 Å². The van der Waals surface area contributed by atoms with Crippen molar-refractivity contribution in [3.8, 4) is 16.9 Å². The zero-order valence-electron chi connectivity index (χ0n) is 22.9. The number of likely N-dealkylation sites (tertiary alicyclic amines) is 1. The number of rotatable bonds is 11. The Balaban J connectivity index is 0.000000507. The standard InChI is InChI=1S/C28H30FNO3.C4H4O4/c1-32-26-12-8-21(9-13-26)27-5-3-2-4-24(27)20-33-19-18-30-16-14-23(15-17-30)28(31)22-6-10-25(29)11-7-22;5-3(6)1-2-4(7)8/h2-13,23H,14-20H2,1H3;1-2H,(H,5,6)(H,7,8)/b;2-1-. The van der Waals surface area contributed by atoms with Crippen LogP contribution in [0.3, 0.4) is 0 Å². The first-order valence-electron chi connectivity index (χ1n) is 13.2. The van der Waals surface area contributed by atoms with Gasteiger partial charge < -0.3 is 24.6 Å². The molecule has 1 fully saturated rings. The second-order valence-electron chi connectivity index (χ2n) is 9.44. The molecule has 0 bridgehead atoms. The van der Waals surface area contributed by atoms with Gasteiger partial charge in [0.15, 0.2) is 5.78 Å². The van der Waals surface area contributed by atoms with E-state index in [0.29, 0.717) is 30.9 Å². The van der Waals surface area contributed by atoms with Crippen LogP contribution in [0, 0.1) is 11.7 Å². The van der Waals surface area contributed by atoms with Crippen molar-refractivity contribution >= 4 is 17.7 Å². The minimum atomic E-state index is -1.26. The van der Waals surface area contributed by atoms with Crippen LogP contribution in [0.15, 0.2) is 84.9 Å². The number of piperidine rings is 1. The molecule has 0 aliphatic carbocycles. The van der Waals surface area contributed by atoms with E-state index in [1.807, 2.05) is 24.3 Å². The third-order valence-electron chi connectivity index (χ3n) is 6.68. The van der Waals surface area contributed by atoms with Crippen LogP contribution in [-0.2, 0) is 20.9 Å². The molecule has 0 amide bonds. The third-order valence-corrected chi connectivity index (χ3v) is 6.68. The Hall–Kier alpha value is -4.34. The van der Waals surface area contributed by atoms with Crippen molar-refractivity contribution in [1.82, 2.24) is 4.90 Å². The van der Waals surface area contributed by atoms with Crippen LogP contribution >= 0.6 is 0 Å². The first kappa shape index (κ1) is 31.2. The topological polar surface area (TPSA) is 113 Å². The fourth-order valence-corrected chi connectivity index (χ4v) is 4.49. The lowest BCUT2D eigenvalue weighted by Crippen LogP contribution is -2.38. The van der Waals surface area contributed by atoms with Gasteiger partial charge in [0.2, 0.25) is 0 Å². The molecule has 0 saturated carbocycles. The van der Waals surface area contributed by atoms with E-state index in [1.54, 1.807) is 19.2 Å². The molecule has 1 saturated heterocycles. The number of ether oxygens (including phenoxy) is 2. The summed E-state index contributed by atoms with van der Waals surface area (Å²) in [5.74, 6) is -1.84. The molecule has 0 aromatic heterocycles. The van der Waals surface area contributed by atoms with Gasteiger partial charge in [-0.3, -0.25) is 4.79 Å². The lowest BCUT2D eigenvalue weighted by atomic mass is 9.89. The average Bonchev–Trinajstić information content (AvgIpc) is 2.99. The Bertz CT molecular complexity index is 1300. The number of ketones is 1. The number of Topliss-reactive ketones (excluding diaryl/α,β-unsaturated/α-hetero) is 1. The number of nitrogens with zero attached hydrogens (tertiary/aromatic N) is 1. The highest BCUT2D eigenvalue weighted by molar-refractivity contribution is 5.97. The summed E-state index contributed by atoms with van der Waals surface area (Å²) >= 11 is 0. The molecule has 1 aliphatic rings. The molecule has 1 aliphatic heterocycles. The zero-order chi connectivity index (χ0) is 29.6. The van der Waals surface area contributed by atoms with Crippen molar-refractivity contribution in [1.29, 1.82) is 0 Å². The summed E-state index contributed by atoms with van der Waals surface area (Å²) in [6.07, 6.45) is 2.78. The lowest BCUT2D eigenvalue weighted by Gasteiger charge is -2.31. The number of halogens is 1. The minimum absolute atomic E-state index is 0.0176. The number of hydrogen-bond donors (Lipinski definition) is 2. The van der Waals surface area contributed by atoms with Gasteiger partial charge in [0, 0.05) is 30.2 Å². The minimum Gasteiger partial charge on any atom is -0.497 e. The number of hydrogen-bond acceptors (Lipinski definition) is 6. The molecule has 8 nitrogen and oxygen atoms in total. The smallest absolute Gasteiger partial charge is 0.328 e. The van der Waals surface area contributed by atoms with Gasteiger partial charge >= 0.3 is 11.9 Å². The summed E-state index contributed by atoms with van der Waals surface area (Å²) in [6.45, 7) is 3.81. The van der Waals surface area contributed by atoms with Crippen LogP contribution < -0.4 is 4.74 Å². The predicted molar refractivity (Wildman–Crippen MR) is 152 cm³/mol. The average molecular weight is 564 g/mol. The molecule has 0 unspecified atom stereocenters. The van der Waals surface area contributed by atoms with Gasteiger partial charge in [0.05, 0.1) is 20.3 Å². The molecule has 4 rings (SSSR count). The summed E-state index contributed by atoms with van der Waals surface area (Å²) in [4.78, 5) is 34.1. The quantitative estimate of drug-likeness (QED) is 0.183. The molecule has 216 valence electrons. The molecule has 3 aromatic carbocycles. The summed E-state index contributed by atoms with van der Waals surface area (Å²) in [5, 5.41) is 15.6. The zero-order valence-corrected chi connectivity index (χ0v) is 22.9. The van der Waals surface area contributed by atoms with Crippen molar-refractivity contribution in [2.75, 3.05) is 33.4 Å². The normalized spacial score (nSPS) is 13.8. The number of carboxylic acid groups (broad SMARTS) is 2. The van der Waals surface area contributed by atoms with Gasteiger partial charge in [0.25, 0.3) is 0 Å². The van der Waals surface area contributed by atoms with Crippen LogP contribution in [0.2, 0.25) is 0 Å². The van der Waals surface area contributed by atoms with Crippen molar-refractivity contribution in [3.05, 3.63) is 102 Å². The van der Waals surface area contributed by atoms with E-state index in [4.69, 9.17) is 19.7 Å². The van der Waals surface area contributed by atoms with E-state index < -0.39 is 11.9 Å². The van der Waals surface area contributed by atoms with Crippen molar-refractivity contribution < 1.29 is 38.5 Å². The highest BCUT2D eigenvalue weighted by atomic mass is 19.1. The summed E-state index contributed by atoms with van der Waals surface area (Å²) in [5.41, 5.74) is 4.07. The molecule has 0 radical (unpaired) electrons. The fraction of sp³-hybridized carbons (Fsp3) is 0.281. The van der Waals surface area contributed by atoms with E-state index in [1.165, 1.54) is 17.7 Å². The van der Waals surface area contributed by atoms with Crippen molar-refractivity contribution in [3.63, 3.8) is 0 Å². The molecular weight excluding hydrogens is 529 g/mol. The van der Waals surface area contributed by atoms with Crippen LogP contribution in [0.4, 0.5) is 4.39 Å². The molecular formula is C32H34FNO7. The maximum absolute atomic E-state index is 13.1. The molecule has 9 heteroatoms. The van der Waals surface area contributed by atoms with Crippen molar-refractivity contribution in [2.45, 2.75) is 19.4 Å². The maximum Gasteiger partial charge on any atom is 0.328 e. The third kappa shape index (κ3) is 10.3. The molecule has 0 spiro atoms. The predicted octanol–water partition coefficient (Wildman–Crippen LogP) is 5.32. The summed E-state index contributed by atoms with van der Waals surface area (Å²) in [6, 6.07) is 22.2. The van der Waals surface area contributed by atoms with Crippen LogP contribution in [0.25, 0.3) is 11.1 Å². The fourth-order valence-electron chi connectivity index (χ4n) is 4.49. The molecule has 2 N–H and O–H groups in total. The number of carbonyl (C=O) groups is 3. The Kier molecular flexibility index (Phi) is 12.2. The van der Waals surface area contributed by atoms with Gasteiger partial charge in [-0.2, -0.15) is 0 Å². The van der Waals surface area contributed by atoms with E-state index >= 15 is 0 Å². The van der Waals surface area contributed by atoms with Gasteiger partial charge in [-0.1, -0.05) is 36.4 Å². The Labute approximate surface area is 238 Å². The summed E-state index contributed by atoms with van der Waals surface area (Å²) < 4.78 is 24.4. The van der Waals surface area contributed by atoms with Crippen LogP contribution in [0.5, 0.6) is 5.75 Å². The number of carboxylic acids is 2. The van der Waals surface area contributed by atoms with Gasteiger partial charge in [-0.15, -0.1) is 0 Å². The first-order valence-corrected chi connectivity index (χ1v) is 13.2. The summed E-state index contributed by atoms with van der Waals surface area (Å²) in [7, 11) is 1.67. The highest BCUT2D eigenvalue weighted by Gasteiger charge is 2.25. The number of carbonyl (C=O) groups excluding carboxylic acids is 1. The Morgan fingerprint density at radius 1 is 0.902 bits per heavy atom. The Morgan fingerprint density at radius 2 is 1.51 bits per heavy atom. The largest absolute Gasteiger partial charge is 0.497 e. The van der Waals surface area contributed by atoms with E-state index in [9.17, 15) is 18.8 Å². The number of benzene rings is 3. The SMILES string of the molecule is COc1ccc(-c2ccccc2COCCN2CCC(C(=O)c3ccc(F)cc3)CC2)cc1.O=C(O)/C=C\C(=O)O. The van der Waals surface area contributed by atoms with Gasteiger partial charge in [-0.05, 0) is 79.0 Å². The van der Waals surface area contributed by atoms with Crippen molar-refractivity contribution in [2.24, 2.45) is 5.92 Å². The van der Waals surface area contributed by atoms with Gasteiger partial charge in [-0.25, -0.2) is 14.0 Å². The van der Waals surface area contributed by atoms with E-state index in [-0.39, 0.29) is 17.5 Å².